The number of amides is 1. The normalized spacial score (nSPS) is 10.7. The zero-order valence-electron chi connectivity index (χ0n) is 15.3. The summed E-state index contributed by atoms with van der Waals surface area (Å²) < 4.78 is 11.9. The average molecular weight is 367 g/mol. The second-order valence-electron chi connectivity index (χ2n) is 5.95. The molecule has 1 heterocycles. The summed E-state index contributed by atoms with van der Waals surface area (Å²) in [7, 11) is 1.54. The number of rotatable bonds is 7. The van der Waals surface area contributed by atoms with E-state index in [0.29, 0.717) is 24.2 Å². The van der Waals surface area contributed by atoms with Gasteiger partial charge in [0.05, 0.1) is 23.2 Å². The van der Waals surface area contributed by atoms with Crippen LogP contribution in [0, 0.1) is 6.92 Å². The number of aryl methyl sites for hydroxylation is 1. The molecule has 0 aliphatic heterocycles. The predicted molar refractivity (Wildman–Crippen MR) is 101 cm³/mol. The minimum absolute atomic E-state index is 0.335. The molecular weight excluding hydrogens is 346 g/mol. The van der Waals surface area contributed by atoms with Gasteiger partial charge < -0.3 is 14.8 Å². The molecule has 0 bridgehead atoms. The van der Waals surface area contributed by atoms with Gasteiger partial charge >= 0.3 is 5.97 Å². The van der Waals surface area contributed by atoms with Crippen LogP contribution in [-0.2, 0) is 14.3 Å². The number of nitrogens with one attached hydrogen (secondary N) is 1. The third-order valence-electron chi connectivity index (χ3n) is 4.03. The van der Waals surface area contributed by atoms with Crippen LogP contribution in [0.25, 0.3) is 16.7 Å². The number of carbonyl (C=O) groups is 2. The molecule has 0 radical (unpaired) electrons. The highest BCUT2D eigenvalue weighted by molar-refractivity contribution is 5.95. The van der Waals surface area contributed by atoms with Crippen molar-refractivity contribution in [1.82, 2.24) is 14.9 Å². The Balaban J connectivity index is 1.74. The minimum Gasteiger partial charge on any atom is -0.452 e. The van der Waals surface area contributed by atoms with Gasteiger partial charge in [0.2, 0.25) is 0 Å². The summed E-state index contributed by atoms with van der Waals surface area (Å²) in [6.45, 7) is 2.35. The molecule has 0 aliphatic rings. The number of carbonyl (C=O) groups excluding carboxylic acids is 2. The zero-order chi connectivity index (χ0) is 19.2. The number of hydrogen-bond acceptors (Lipinski definition) is 5. The molecule has 140 valence electrons. The van der Waals surface area contributed by atoms with Gasteiger partial charge in [0, 0.05) is 19.3 Å². The van der Waals surface area contributed by atoms with Crippen molar-refractivity contribution < 1.29 is 19.1 Å². The van der Waals surface area contributed by atoms with Gasteiger partial charge in [-0.2, -0.15) is 0 Å². The summed E-state index contributed by atoms with van der Waals surface area (Å²) in [5.41, 5.74) is 2.94. The molecule has 1 aromatic heterocycles. The largest absolute Gasteiger partial charge is 0.452 e. The molecule has 0 atom stereocenters. The van der Waals surface area contributed by atoms with E-state index in [1.165, 1.54) is 0 Å². The molecule has 1 N–H and O–H groups in total. The van der Waals surface area contributed by atoms with Gasteiger partial charge in [-0.15, -0.1) is 0 Å². The first kappa shape index (κ1) is 18.6. The van der Waals surface area contributed by atoms with Gasteiger partial charge in [0.25, 0.3) is 5.91 Å². The topological polar surface area (TPSA) is 82.4 Å². The number of methoxy groups -OCH3 is 1. The van der Waals surface area contributed by atoms with E-state index in [1.807, 2.05) is 47.9 Å². The molecule has 0 aliphatic carbocycles. The summed E-state index contributed by atoms with van der Waals surface area (Å²) in [5.74, 6) is -0.115. The number of nitrogens with zero attached hydrogens (tertiary/aromatic N) is 2. The van der Waals surface area contributed by atoms with Gasteiger partial charge in [-0.25, -0.2) is 9.78 Å². The smallest absolute Gasteiger partial charge is 0.338 e. The van der Waals surface area contributed by atoms with E-state index in [-0.39, 0.29) is 12.5 Å². The number of hydrogen-bond donors (Lipinski definition) is 1. The first-order chi connectivity index (χ1) is 13.1. The molecule has 0 unspecified atom stereocenters. The van der Waals surface area contributed by atoms with Gasteiger partial charge in [-0.05, 0) is 37.3 Å². The summed E-state index contributed by atoms with van der Waals surface area (Å²) in [6, 6.07) is 15.1. The van der Waals surface area contributed by atoms with E-state index < -0.39 is 5.97 Å². The maximum Gasteiger partial charge on any atom is 0.338 e. The number of esters is 1. The maximum absolute atomic E-state index is 12.2. The highest BCUT2D eigenvalue weighted by Gasteiger charge is 2.14. The second kappa shape index (κ2) is 8.46. The van der Waals surface area contributed by atoms with Crippen molar-refractivity contribution in [2.45, 2.75) is 6.92 Å². The molecule has 3 rings (SSSR count). The number of imidazole rings is 1. The van der Waals surface area contributed by atoms with E-state index in [2.05, 4.69) is 10.3 Å². The number of para-hydroxylation sites is 1. The molecule has 0 saturated carbocycles. The van der Waals surface area contributed by atoms with E-state index >= 15 is 0 Å². The highest BCUT2D eigenvalue weighted by Crippen LogP contribution is 2.22. The lowest BCUT2D eigenvalue weighted by atomic mass is 10.2. The molecule has 27 heavy (non-hydrogen) atoms. The van der Waals surface area contributed by atoms with Gasteiger partial charge in [-0.3, -0.25) is 9.36 Å². The summed E-state index contributed by atoms with van der Waals surface area (Å²) in [5, 5.41) is 2.59. The Labute approximate surface area is 156 Å². The third-order valence-corrected chi connectivity index (χ3v) is 4.03. The third kappa shape index (κ3) is 4.32. The Bertz CT molecular complexity index is 951. The lowest BCUT2D eigenvalue weighted by Crippen LogP contribution is -2.31. The maximum atomic E-state index is 12.2. The first-order valence-electron chi connectivity index (χ1n) is 8.57. The Kier molecular flexibility index (Phi) is 5.83. The molecule has 0 saturated heterocycles. The minimum atomic E-state index is -0.564. The van der Waals surface area contributed by atoms with Gasteiger partial charge in [0.15, 0.2) is 6.61 Å². The molecule has 0 fully saturated rings. The van der Waals surface area contributed by atoms with Crippen molar-refractivity contribution in [3.63, 3.8) is 0 Å². The molecule has 7 nitrogen and oxygen atoms in total. The second-order valence-corrected chi connectivity index (χ2v) is 5.95. The van der Waals surface area contributed by atoms with Crippen LogP contribution < -0.4 is 5.32 Å². The number of fused-ring (bicyclic) bond motifs is 1. The van der Waals surface area contributed by atoms with Crippen molar-refractivity contribution in [2.24, 2.45) is 0 Å². The van der Waals surface area contributed by atoms with E-state index in [1.54, 1.807) is 19.2 Å². The first-order valence-corrected chi connectivity index (χ1v) is 8.57. The van der Waals surface area contributed by atoms with Crippen molar-refractivity contribution in [3.8, 4) is 5.69 Å². The summed E-state index contributed by atoms with van der Waals surface area (Å²) in [6.07, 6.45) is 0. The highest BCUT2D eigenvalue weighted by atomic mass is 16.5. The molecule has 7 heteroatoms. The molecule has 1 amide bonds. The number of ether oxygens (including phenoxy) is 2. The molecule has 0 spiro atoms. The quantitative estimate of drug-likeness (QED) is 0.512. The SMILES string of the molecule is COCCNC(=O)COC(=O)c1ccc2c(c1)nc(C)n2-c1ccccc1. The van der Waals surface area contributed by atoms with Crippen LogP contribution in [0.2, 0.25) is 0 Å². The fourth-order valence-corrected chi connectivity index (χ4v) is 2.79. The van der Waals surface area contributed by atoms with Gasteiger partial charge in [-0.1, -0.05) is 18.2 Å². The predicted octanol–water partition coefficient (Wildman–Crippen LogP) is 2.25. The van der Waals surface area contributed by atoms with Crippen LogP contribution in [-0.4, -0.2) is 48.3 Å². The van der Waals surface area contributed by atoms with Crippen molar-refractivity contribution in [2.75, 3.05) is 26.9 Å². The number of benzene rings is 2. The van der Waals surface area contributed by atoms with Crippen LogP contribution in [0.3, 0.4) is 0 Å². The number of aromatic nitrogens is 2. The summed E-state index contributed by atoms with van der Waals surface area (Å²) >= 11 is 0. The fourth-order valence-electron chi connectivity index (χ4n) is 2.79. The Morgan fingerprint density at radius 3 is 2.67 bits per heavy atom. The molecule has 3 aromatic rings. The van der Waals surface area contributed by atoms with Crippen LogP contribution in [0.1, 0.15) is 16.2 Å². The zero-order valence-corrected chi connectivity index (χ0v) is 15.3. The van der Waals surface area contributed by atoms with Crippen molar-refractivity contribution in [1.29, 1.82) is 0 Å². The van der Waals surface area contributed by atoms with E-state index in [4.69, 9.17) is 9.47 Å². The lowest BCUT2D eigenvalue weighted by molar-refractivity contribution is -0.124. The fraction of sp³-hybridized carbons (Fsp3) is 0.250. The van der Waals surface area contributed by atoms with Crippen molar-refractivity contribution in [3.05, 3.63) is 59.9 Å². The van der Waals surface area contributed by atoms with E-state index in [9.17, 15) is 9.59 Å². The van der Waals surface area contributed by atoms with E-state index in [0.717, 1.165) is 17.0 Å². The van der Waals surface area contributed by atoms with Crippen LogP contribution in [0.15, 0.2) is 48.5 Å². The van der Waals surface area contributed by atoms with Crippen LogP contribution in [0.4, 0.5) is 0 Å². The molecule has 2 aromatic carbocycles. The Morgan fingerprint density at radius 2 is 1.93 bits per heavy atom. The monoisotopic (exact) mass is 367 g/mol. The molecular formula is C20H21N3O4. The standard InChI is InChI=1S/C20H21N3O4/c1-14-22-17-12-15(20(25)27-13-19(24)21-10-11-26-2)8-9-18(17)23(14)16-6-4-3-5-7-16/h3-9,12H,10-11,13H2,1-2H3,(H,21,24). The Morgan fingerprint density at radius 1 is 1.15 bits per heavy atom. The average Bonchev–Trinajstić information content (AvgIpc) is 3.01. The van der Waals surface area contributed by atoms with Gasteiger partial charge in [0.1, 0.15) is 5.82 Å². The lowest BCUT2D eigenvalue weighted by Gasteiger charge is -2.07. The Hall–Kier alpha value is -3.19. The van der Waals surface area contributed by atoms with Crippen LogP contribution >= 0.6 is 0 Å². The summed E-state index contributed by atoms with van der Waals surface area (Å²) in [4.78, 5) is 28.4. The van der Waals surface area contributed by atoms with Crippen molar-refractivity contribution >= 4 is 22.9 Å². The van der Waals surface area contributed by atoms with Crippen LogP contribution in [0.5, 0.6) is 0 Å².